The fourth-order valence-corrected chi connectivity index (χ4v) is 1.63. The van der Waals surface area contributed by atoms with Crippen LogP contribution in [0, 0.1) is 6.92 Å². The number of benzene rings is 1. The Hall–Kier alpha value is -2.36. The Labute approximate surface area is 105 Å². The topological polar surface area (TPSA) is 55.0 Å². The minimum atomic E-state index is -0.102. The molecule has 2 rings (SSSR count). The number of nitrogens with one attached hydrogen (secondary N) is 1. The molecule has 1 aromatic heterocycles. The molecule has 0 amide bonds. The van der Waals surface area contributed by atoms with Crippen LogP contribution >= 0.6 is 0 Å². The van der Waals surface area contributed by atoms with Gasteiger partial charge in [0.05, 0.1) is 24.7 Å². The van der Waals surface area contributed by atoms with Crippen molar-refractivity contribution in [2.75, 3.05) is 7.11 Å². The molecule has 4 nitrogen and oxygen atoms in total. The average molecular weight is 242 g/mol. The van der Waals surface area contributed by atoms with Gasteiger partial charge < -0.3 is 9.72 Å². The molecule has 4 heteroatoms. The number of methoxy groups -OCH3 is 1. The van der Waals surface area contributed by atoms with Gasteiger partial charge in [-0.2, -0.15) is 0 Å². The number of rotatable bonds is 4. The molecule has 0 saturated heterocycles. The number of nitrogens with zero attached hydrogens (tertiary/aromatic N) is 1. The Kier molecular flexibility index (Phi) is 3.57. The number of allylic oxidation sites excluding steroid dienone is 1. The second-order valence-corrected chi connectivity index (χ2v) is 3.81. The van der Waals surface area contributed by atoms with Gasteiger partial charge in [0.15, 0.2) is 5.78 Å². The van der Waals surface area contributed by atoms with E-state index in [0.717, 1.165) is 11.4 Å². The Morgan fingerprint density at radius 2 is 2.17 bits per heavy atom. The first-order chi connectivity index (χ1) is 8.72. The summed E-state index contributed by atoms with van der Waals surface area (Å²) < 4.78 is 5.15. The van der Waals surface area contributed by atoms with Crippen LogP contribution in [-0.2, 0) is 0 Å². The first-order valence-corrected chi connectivity index (χ1v) is 5.58. The lowest BCUT2D eigenvalue weighted by Crippen LogP contribution is -1.98. The van der Waals surface area contributed by atoms with E-state index in [1.54, 1.807) is 31.6 Å². The molecule has 1 heterocycles. The second kappa shape index (κ2) is 5.31. The number of imidazole rings is 1. The maximum atomic E-state index is 12.0. The number of ether oxygens (including phenoxy) is 1. The molecule has 1 N–H and O–H groups in total. The van der Waals surface area contributed by atoms with Crippen molar-refractivity contribution in [1.82, 2.24) is 9.97 Å². The number of carbonyl (C=O) groups excluding carboxylic acids is 1. The molecule has 1 aromatic carbocycles. The monoisotopic (exact) mass is 242 g/mol. The Balaban J connectivity index is 2.22. The molecule has 0 spiro atoms. The van der Waals surface area contributed by atoms with E-state index in [2.05, 4.69) is 9.97 Å². The number of aromatic nitrogens is 2. The number of ketones is 1. The third-order valence-electron chi connectivity index (χ3n) is 2.63. The van der Waals surface area contributed by atoms with Crippen molar-refractivity contribution in [3.05, 3.63) is 53.6 Å². The fourth-order valence-electron chi connectivity index (χ4n) is 1.63. The van der Waals surface area contributed by atoms with Gasteiger partial charge >= 0.3 is 0 Å². The second-order valence-electron chi connectivity index (χ2n) is 3.81. The average Bonchev–Trinajstić information content (AvgIpc) is 2.81. The van der Waals surface area contributed by atoms with E-state index in [0.29, 0.717) is 11.3 Å². The zero-order valence-corrected chi connectivity index (χ0v) is 10.3. The highest BCUT2D eigenvalue weighted by Gasteiger charge is 2.08. The molecule has 2 aromatic rings. The van der Waals surface area contributed by atoms with Crippen molar-refractivity contribution in [3.8, 4) is 5.75 Å². The lowest BCUT2D eigenvalue weighted by molar-refractivity contribution is 0.104. The van der Waals surface area contributed by atoms with Gasteiger partial charge in [-0.15, -0.1) is 0 Å². The summed E-state index contributed by atoms with van der Waals surface area (Å²) in [5.41, 5.74) is 2.24. The predicted octanol–water partition coefficient (Wildman–Crippen LogP) is 2.62. The van der Waals surface area contributed by atoms with E-state index >= 15 is 0 Å². The number of aryl methyl sites for hydroxylation is 1. The number of H-pyrrole nitrogens is 1. The summed E-state index contributed by atoms with van der Waals surface area (Å²) in [6.07, 6.45) is 4.80. The smallest absolute Gasteiger partial charge is 0.189 e. The highest BCUT2D eigenvalue weighted by atomic mass is 16.5. The maximum absolute atomic E-state index is 12.0. The van der Waals surface area contributed by atoms with Crippen molar-refractivity contribution in [3.63, 3.8) is 0 Å². The van der Waals surface area contributed by atoms with Crippen molar-refractivity contribution in [2.45, 2.75) is 6.92 Å². The van der Waals surface area contributed by atoms with Crippen LogP contribution in [0.2, 0.25) is 0 Å². The summed E-state index contributed by atoms with van der Waals surface area (Å²) in [5, 5.41) is 0. The first-order valence-electron chi connectivity index (χ1n) is 5.58. The van der Waals surface area contributed by atoms with Crippen molar-refractivity contribution in [2.24, 2.45) is 0 Å². The first kappa shape index (κ1) is 12.1. The number of para-hydroxylation sites is 1. The number of carbonyl (C=O) groups is 1. The molecule has 0 unspecified atom stereocenters. The normalized spacial score (nSPS) is 10.8. The SMILES string of the molecule is COc1ccccc1C(=O)C=Cc1nc[nH]c1C. The van der Waals surface area contributed by atoms with Gasteiger partial charge in [-0.25, -0.2) is 4.98 Å². The van der Waals surface area contributed by atoms with Gasteiger partial charge in [0, 0.05) is 5.69 Å². The van der Waals surface area contributed by atoms with E-state index in [9.17, 15) is 4.79 Å². The van der Waals surface area contributed by atoms with Gasteiger partial charge in [0.1, 0.15) is 5.75 Å². The van der Waals surface area contributed by atoms with E-state index in [1.165, 1.54) is 6.08 Å². The number of hydrogen-bond acceptors (Lipinski definition) is 3. The molecule has 0 aliphatic rings. The lowest BCUT2D eigenvalue weighted by Gasteiger charge is -2.04. The van der Waals surface area contributed by atoms with Crippen molar-refractivity contribution in [1.29, 1.82) is 0 Å². The maximum Gasteiger partial charge on any atom is 0.189 e. The van der Waals surface area contributed by atoms with Gasteiger partial charge in [-0.1, -0.05) is 12.1 Å². The quantitative estimate of drug-likeness (QED) is 0.662. The molecular weight excluding hydrogens is 228 g/mol. The van der Waals surface area contributed by atoms with Crippen LogP contribution < -0.4 is 4.74 Å². The molecule has 0 radical (unpaired) electrons. The van der Waals surface area contributed by atoms with Crippen LogP contribution in [-0.4, -0.2) is 22.9 Å². The Bertz CT molecular complexity index is 585. The molecule has 18 heavy (non-hydrogen) atoms. The van der Waals surface area contributed by atoms with Crippen LogP contribution in [0.5, 0.6) is 5.75 Å². The summed E-state index contributed by atoms with van der Waals surface area (Å²) in [6.45, 7) is 1.90. The van der Waals surface area contributed by atoms with E-state index in [4.69, 9.17) is 4.74 Å². The zero-order valence-electron chi connectivity index (χ0n) is 10.3. The molecule has 0 atom stereocenters. The molecule has 0 fully saturated rings. The summed E-state index contributed by atoms with van der Waals surface area (Å²) in [6, 6.07) is 7.14. The summed E-state index contributed by atoms with van der Waals surface area (Å²) >= 11 is 0. The van der Waals surface area contributed by atoms with Crippen LogP contribution in [0.4, 0.5) is 0 Å². The van der Waals surface area contributed by atoms with E-state index in [1.807, 2.05) is 19.1 Å². The Morgan fingerprint density at radius 1 is 1.39 bits per heavy atom. The minimum absolute atomic E-state index is 0.102. The fraction of sp³-hybridized carbons (Fsp3) is 0.143. The van der Waals surface area contributed by atoms with Crippen molar-refractivity contribution >= 4 is 11.9 Å². The molecule has 92 valence electrons. The minimum Gasteiger partial charge on any atom is -0.496 e. The third kappa shape index (κ3) is 2.48. The van der Waals surface area contributed by atoms with Crippen LogP contribution in [0.1, 0.15) is 21.7 Å². The standard InChI is InChI=1S/C14H14N2O2/c1-10-12(16-9-15-10)7-8-13(17)11-5-3-4-6-14(11)18-2/h3-9H,1-2H3,(H,15,16). The summed E-state index contributed by atoms with van der Waals surface area (Å²) in [7, 11) is 1.55. The van der Waals surface area contributed by atoms with E-state index in [-0.39, 0.29) is 5.78 Å². The van der Waals surface area contributed by atoms with Crippen molar-refractivity contribution < 1.29 is 9.53 Å². The van der Waals surface area contributed by atoms with Gasteiger partial charge in [0.2, 0.25) is 0 Å². The number of hydrogen-bond donors (Lipinski definition) is 1. The predicted molar refractivity (Wildman–Crippen MR) is 69.7 cm³/mol. The van der Waals surface area contributed by atoms with Gasteiger partial charge in [0.25, 0.3) is 0 Å². The van der Waals surface area contributed by atoms with Crippen LogP contribution in [0.15, 0.2) is 36.7 Å². The summed E-state index contributed by atoms with van der Waals surface area (Å²) in [5.74, 6) is 0.473. The highest BCUT2D eigenvalue weighted by molar-refractivity contribution is 6.08. The summed E-state index contributed by atoms with van der Waals surface area (Å²) in [4.78, 5) is 19.1. The highest BCUT2D eigenvalue weighted by Crippen LogP contribution is 2.18. The van der Waals surface area contributed by atoms with Crippen LogP contribution in [0.25, 0.3) is 6.08 Å². The third-order valence-corrected chi connectivity index (χ3v) is 2.63. The Morgan fingerprint density at radius 3 is 2.83 bits per heavy atom. The van der Waals surface area contributed by atoms with Crippen LogP contribution in [0.3, 0.4) is 0 Å². The molecular formula is C14H14N2O2. The molecule has 0 bridgehead atoms. The number of aromatic amines is 1. The molecule has 0 saturated carbocycles. The molecule has 0 aliphatic carbocycles. The van der Waals surface area contributed by atoms with Gasteiger partial charge in [-0.05, 0) is 31.2 Å². The van der Waals surface area contributed by atoms with E-state index < -0.39 is 0 Å². The largest absolute Gasteiger partial charge is 0.496 e. The lowest BCUT2D eigenvalue weighted by atomic mass is 10.1. The zero-order chi connectivity index (χ0) is 13.0. The van der Waals surface area contributed by atoms with Gasteiger partial charge in [-0.3, -0.25) is 4.79 Å². The molecule has 0 aliphatic heterocycles.